The van der Waals surface area contributed by atoms with Crippen molar-refractivity contribution in [3.63, 3.8) is 0 Å². The zero-order valence-electron chi connectivity index (χ0n) is 17.7. The van der Waals surface area contributed by atoms with Crippen molar-refractivity contribution in [2.24, 2.45) is 0 Å². The van der Waals surface area contributed by atoms with Gasteiger partial charge in [0.2, 0.25) is 11.8 Å². The van der Waals surface area contributed by atoms with Gasteiger partial charge in [0.15, 0.2) is 17.6 Å². The fourth-order valence-electron chi connectivity index (χ4n) is 3.61. The molecule has 31 heavy (non-hydrogen) atoms. The molecule has 1 atom stereocenters. The Balaban J connectivity index is 1.30. The first-order valence-corrected chi connectivity index (χ1v) is 10.7. The summed E-state index contributed by atoms with van der Waals surface area (Å²) in [5, 5.41) is 0. The number of fused-ring (bicyclic) bond motifs is 1. The van der Waals surface area contributed by atoms with E-state index in [0.29, 0.717) is 38.2 Å². The average Bonchev–Trinajstić information content (AvgIpc) is 3.03. The molecule has 3 heterocycles. The molecule has 2 aliphatic heterocycles. The summed E-state index contributed by atoms with van der Waals surface area (Å²) >= 11 is 0. The molecule has 0 bridgehead atoms. The fourth-order valence-corrected chi connectivity index (χ4v) is 3.61. The minimum atomic E-state index is -0.206. The van der Waals surface area contributed by atoms with Crippen molar-refractivity contribution in [1.29, 1.82) is 0 Å². The van der Waals surface area contributed by atoms with Crippen LogP contribution in [0.15, 0.2) is 36.5 Å². The number of carbonyl (C=O) groups excluding carboxylic acids is 1. The van der Waals surface area contributed by atoms with Gasteiger partial charge in [0.1, 0.15) is 13.2 Å². The van der Waals surface area contributed by atoms with E-state index in [-0.39, 0.29) is 12.1 Å². The minimum Gasteiger partial charge on any atom is -0.486 e. The topological polar surface area (TPSA) is 86.3 Å². The van der Waals surface area contributed by atoms with E-state index in [1.165, 1.54) is 0 Å². The highest BCUT2D eigenvalue weighted by Crippen LogP contribution is 2.31. The van der Waals surface area contributed by atoms with Gasteiger partial charge in [0, 0.05) is 38.4 Å². The van der Waals surface area contributed by atoms with Crippen molar-refractivity contribution >= 4 is 11.9 Å². The second-order valence-electron chi connectivity index (χ2n) is 7.43. The molecule has 4 rings (SSSR count). The zero-order chi connectivity index (χ0) is 21.5. The highest BCUT2D eigenvalue weighted by Gasteiger charge is 2.22. The van der Waals surface area contributed by atoms with Gasteiger partial charge in [-0.05, 0) is 25.5 Å². The van der Waals surface area contributed by atoms with Gasteiger partial charge >= 0.3 is 5.97 Å². The first-order valence-electron chi connectivity index (χ1n) is 10.7. The van der Waals surface area contributed by atoms with Crippen LogP contribution in [0.25, 0.3) is 0 Å². The molecule has 1 aromatic heterocycles. The SMILES string of the molecule is CCOC(=O)CN1CCCN(c2nccc(OCC3COc4ccccc4O3)n2)CC1. The molecule has 0 saturated carbocycles. The molecule has 1 saturated heterocycles. The van der Waals surface area contributed by atoms with E-state index in [0.717, 1.165) is 44.1 Å². The van der Waals surface area contributed by atoms with Crippen LogP contribution in [-0.4, -0.2) is 79.5 Å². The molecule has 166 valence electrons. The number of hydrogen-bond acceptors (Lipinski definition) is 9. The summed E-state index contributed by atoms with van der Waals surface area (Å²) in [6, 6.07) is 9.34. The number of hydrogen-bond donors (Lipinski definition) is 0. The average molecular weight is 428 g/mol. The van der Waals surface area contributed by atoms with Crippen molar-refractivity contribution in [2.45, 2.75) is 19.4 Å². The first-order chi connectivity index (χ1) is 15.2. The number of carbonyl (C=O) groups is 1. The van der Waals surface area contributed by atoms with Crippen LogP contribution in [0.2, 0.25) is 0 Å². The fraction of sp³-hybridized carbons (Fsp3) is 0.500. The van der Waals surface area contributed by atoms with E-state index in [4.69, 9.17) is 18.9 Å². The number of anilines is 1. The summed E-state index contributed by atoms with van der Waals surface area (Å²) < 4.78 is 22.6. The largest absolute Gasteiger partial charge is 0.486 e. The molecule has 2 aliphatic rings. The predicted molar refractivity (Wildman–Crippen MR) is 114 cm³/mol. The molecule has 0 spiro atoms. The van der Waals surface area contributed by atoms with Crippen molar-refractivity contribution in [3.8, 4) is 17.4 Å². The van der Waals surface area contributed by atoms with Gasteiger partial charge in [-0.3, -0.25) is 9.69 Å². The number of para-hydroxylation sites is 2. The standard InChI is InChI=1S/C22H28N4O5/c1-2-28-21(27)14-25-10-5-11-26(13-12-25)22-23-9-8-20(24-22)30-16-17-15-29-18-6-3-4-7-19(18)31-17/h3-4,6-9,17H,2,5,10-16H2,1H3. The second kappa shape index (κ2) is 10.3. The van der Waals surface area contributed by atoms with Crippen molar-refractivity contribution < 1.29 is 23.7 Å². The Hall–Kier alpha value is -3.07. The van der Waals surface area contributed by atoms with Crippen LogP contribution in [0.4, 0.5) is 5.95 Å². The van der Waals surface area contributed by atoms with E-state index in [2.05, 4.69) is 19.8 Å². The summed E-state index contributed by atoms with van der Waals surface area (Å²) in [6.45, 7) is 6.45. The first kappa shape index (κ1) is 21.2. The molecule has 0 N–H and O–H groups in total. The van der Waals surface area contributed by atoms with Gasteiger partial charge in [-0.25, -0.2) is 4.98 Å². The summed E-state index contributed by atoms with van der Waals surface area (Å²) in [4.78, 5) is 25.0. The molecule has 1 unspecified atom stereocenters. The Morgan fingerprint density at radius 3 is 2.90 bits per heavy atom. The maximum Gasteiger partial charge on any atom is 0.320 e. The Kier molecular flexibility index (Phi) is 7.03. The molecular weight excluding hydrogens is 400 g/mol. The van der Waals surface area contributed by atoms with Crippen LogP contribution in [0.3, 0.4) is 0 Å². The van der Waals surface area contributed by atoms with E-state index in [1.807, 2.05) is 31.2 Å². The minimum absolute atomic E-state index is 0.181. The third-order valence-electron chi connectivity index (χ3n) is 5.13. The summed E-state index contributed by atoms with van der Waals surface area (Å²) in [5.41, 5.74) is 0. The van der Waals surface area contributed by atoms with Crippen LogP contribution < -0.4 is 19.1 Å². The van der Waals surface area contributed by atoms with Crippen LogP contribution in [0, 0.1) is 0 Å². The normalized spacial score (nSPS) is 18.9. The summed E-state index contributed by atoms with van der Waals surface area (Å²) in [7, 11) is 0. The Morgan fingerprint density at radius 2 is 2.03 bits per heavy atom. The van der Waals surface area contributed by atoms with Gasteiger partial charge in [-0.2, -0.15) is 4.98 Å². The van der Waals surface area contributed by atoms with E-state index in [9.17, 15) is 4.79 Å². The lowest BCUT2D eigenvalue weighted by Gasteiger charge is -2.26. The summed E-state index contributed by atoms with van der Waals surface area (Å²) in [6.07, 6.45) is 2.41. The van der Waals surface area contributed by atoms with Crippen molar-refractivity contribution in [2.75, 3.05) is 57.4 Å². The summed E-state index contributed by atoms with van der Waals surface area (Å²) in [5.74, 6) is 2.42. The van der Waals surface area contributed by atoms with Gasteiger partial charge in [0.05, 0.1) is 13.2 Å². The van der Waals surface area contributed by atoms with Crippen molar-refractivity contribution in [1.82, 2.24) is 14.9 Å². The lowest BCUT2D eigenvalue weighted by Crippen LogP contribution is -2.35. The smallest absolute Gasteiger partial charge is 0.320 e. The predicted octanol–water partition coefficient (Wildman–Crippen LogP) is 1.77. The van der Waals surface area contributed by atoms with Crippen LogP contribution in [0.1, 0.15) is 13.3 Å². The molecule has 1 fully saturated rings. The number of nitrogens with zero attached hydrogens (tertiary/aromatic N) is 4. The second-order valence-corrected chi connectivity index (χ2v) is 7.43. The quantitative estimate of drug-likeness (QED) is 0.613. The number of esters is 1. The molecule has 9 nitrogen and oxygen atoms in total. The highest BCUT2D eigenvalue weighted by molar-refractivity contribution is 5.71. The van der Waals surface area contributed by atoms with E-state index in [1.54, 1.807) is 12.3 Å². The van der Waals surface area contributed by atoms with Crippen LogP contribution in [0.5, 0.6) is 17.4 Å². The van der Waals surface area contributed by atoms with E-state index >= 15 is 0 Å². The molecule has 0 amide bonds. The molecule has 0 radical (unpaired) electrons. The number of benzene rings is 1. The van der Waals surface area contributed by atoms with Gasteiger partial charge in [-0.15, -0.1) is 0 Å². The van der Waals surface area contributed by atoms with Gasteiger partial charge in [0.25, 0.3) is 0 Å². The van der Waals surface area contributed by atoms with Crippen molar-refractivity contribution in [3.05, 3.63) is 36.5 Å². The Bertz CT molecular complexity index is 880. The monoisotopic (exact) mass is 428 g/mol. The maximum absolute atomic E-state index is 11.8. The van der Waals surface area contributed by atoms with E-state index < -0.39 is 0 Å². The number of ether oxygens (including phenoxy) is 4. The lowest BCUT2D eigenvalue weighted by molar-refractivity contribution is -0.144. The number of rotatable bonds is 7. The third kappa shape index (κ3) is 5.75. The lowest BCUT2D eigenvalue weighted by atomic mass is 10.3. The Morgan fingerprint density at radius 1 is 1.16 bits per heavy atom. The molecule has 9 heteroatoms. The van der Waals surface area contributed by atoms with Crippen LogP contribution >= 0.6 is 0 Å². The van der Waals surface area contributed by atoms with Gasteiger partial charge in [-0.1, -0.05) is 12.1 Å². The maximum atomic E-state index is 11.8. The molecule has 1 aromatic carbocycles. The third-order valence-corrected chi connectivity index (χ3v) is 5.13. The zero-order valence-corrected chi connectivity index (χ0v) is 17.7. The number of aromatic nitrogens is 2. The van der Waals surface area contributed by atoms with Crippen LogP contribution in [-0.2, 0) is 9.53 Å². The highest BCUT2D eigenvalue weighted by atomic mass is 16.6. The van der Waals surface area contributed by atoms with Gasteiger partial charge < -0.3 is 23.8 Å². The molecule has 2 aromatic rings. The molecule has 0 aliphatic carbocycles. The molecular formula is C22H28N4O5. The Labute approximate surface area is 181 Å².